The van der Waals surface area contributed by atoms with Crippen LogP contribution in [0.3, 0.4) is 0 Å². The summed E-state index contributed by atoms with van der Waals surface area (Å²) >= 11 is 0. The summed E-state index contributed by atoms with van der Waals surface area (Å²) in [6, 6.07) is 5.99. The summed E-state index contributed by atoms with van der Waals surface area (Å²) in [4.78, 5) is 4.68. The van der Waals surface area contributed by atoms with Gasteiger partial charge in [0.05, 0.1) is 33.0 Å². The standard InChI is InChI=1S/C22H32N4O3/c1-7-9-17-10-16(11-20(27-5)21(17)28-6)13-24-22(23-8-2)25-14-18-12-19(15(3)4)26-29-18/h7,10-12,15H,1,8-9,13-14H2,2-6H3,(H2,23,24,25). The quantitative estimate of drug-likeness (QED) is 0.359. The molecule has 0 bridgehead atoms. The van der Waals surface area contributed by atoms with Gasteiger partial charge >= 0.3 is 0 Å². The SMILES string of the molecule is C=CCc1cc(CN=C(NCC)NCc2cc(C(C)C)no2)cc(OC)c1OC. The molecule has 1 aromatic heterocycles. The summed E-state index contributed by atoms with van der Waals surface area (Å²) in [6.45, 7) is 11.8. The Morgan fingerprint density at radius 1 is 1.24 bits per heavy atom. The molecule has 0 fully saturated rings. The van der Waals surface area contributed by atoms with Crippen LogP contribution in [0.5, 0.6) is 11.5 Å². The molecule has 29 heavy (non-hydrogen) atoms. The van der Waals surface area contributed by atoms with Gasteiger partial charge in [-0.1, -0.05) is 25.1 Å². The van der Waals surface area contributed by atoms with Crippen molar-refractivity contribution < 1.29 is 14.0 Å². The molecular weight excluding hydrogens is 368 g/mol. The Hall–Kier alpha value is -2.96. The first-order valence-corrected chi connectivity index (χ1v) is 9.84. The fourth-order valence-corrected chi connectivity index (χ4v) is 2.87. The van der Waals surface area contributed by atoms with E-state index in [1.165, 1.54) is 0 Å². The Morgan fingerprint density at radius 3 is 2.62 bits per heavy atom. The van der Waals surface area contributed by atoms with Crippen LogP contribution in [0.4, 0.5) is 0 Å². The second-order valence-corrected chi connectivity index (χ2v) is 6.90. The Kier molecular flexibility index (Phi) is 8.58. The minimum Gasteiger partial charge on any atom is -0.493 e. The first-order valence-electron chi connectivity index (χ1n) is 9.84. The molecule has 7 nitrogen and oxygen atoms in total. The van der Waals surface area contributed by atoms with Crippen LogP contribution < -0.4 is 20.1 Å². The fraction of sp³-hybridized carbons (Fsp3) is 0.455. The zero-order valence-electron chi connectivity index (χ0n) is 18.0. The molecule has 0 aliphatic rings. The number of benzene rings is 1. The molecule has 158 valence electrons. The number of aliphatic imine (C=N–C) groups is 1. The summed E-state index contributed by atoms with van der Waals surface area (Å²) in [5.74, 6) is 3.24. The lowest BCUT2D eigenvalue weighted by Crippen LogP contribution is -2.36. The number of hydrogen-bond acceptors (Lipinski definition) is 5. The van der Waals surface area contributed by atoms with E-state index in [4.69, 9.17) is 14.0 Å². The van der Waals surface area contributed by atoms with Crippen LogP contribution in [-0.4, -0.2) is 31.9 Å². The second-order valence-electron chi connectivity index (χ2n) is 6.90. The molecule has 0 saturated heterocycles. The smallest absolute Gasteiger partial charge is 0.191 e. The van der Waals surface area contributed by atoms with Gasteiger partial charge in [0.1, 0.15) is 0 Å². The monoisotopic (exact) mass is 400 g/mol. The van der Waals surface area contributed by atoms with E-state index in [0.717, 1.165) is 34.9 Å². The average Bonchev–Trinajstić information content (AvgIpc) is 3.19. The van der Waals surface area contributed by atoms with E-state index < -0.39 is 0 Å². The van der Waals surface area contributed by atoms with Crippen molar-refractivity contribution in [3.63, 3.8) is 0 Å². The van der Waals surface area contributed by atoms with Gasteiger partial charge in [-0.25, -0.2) is 4.99 Å². The van der Waals surface area contributed by atoms with Gasteiger partial charge in [-0.3, -0.25) is 0 Å². The van der Waals surface area contributed by atoms with Crippen molar-refractivity contribution in [3.8, 4) is 11.5 Å². The number of ether oxygens (including phenoxy) is 2. The predicted molar refractivity (Wildman–Crippen MR) is 116 cm³/mol. The van der Waals surface area contributed by atoms with Crippen molar-refractivity contribution in [3.05, 3.63) is 53.4 Å². The molecule has 1 aromatic carbocycles. The van der Waals surface area contributed by atoms with Gasteiger partial charge in [-0.05, 0) is 37.0 Å². The molecule has 1 heterocycles. The lowest BCUT2D eigenvalue weighted by molar-refractivity contribution is 0.352. The normalized spacial score (nSPS) is 11.4. The van der Waals surface area contributed by atoms with Crippen LogP contribution in [0.1, 0.15) is 49.3 Å². The van der Waals surface area contributed by atoms with Crippen LogP contribution >= 0.6 is 0 Å². The lowest BCUT2D eigenvalue weighted by atomic mass is 10.1. The van der Waals surface area contributed by atoms with E-state index in [2.05, 4.69) is 47.3 Å². The number of hydrogen-bond donors (Lipinski definition) is 2. The Balaban J connectivity index is 2.13. The van der Waals surface area contributed by atoms with Crippen LogP contribution in [0.25, 0.3) is 0 Å². The zero-order valence-corrected chi connectivity index (χ0v) is 18.0. The molecular formula is C22H32N4O3. The fourth-order valence-electron chi connectivity index (χ4n) is 2.87. The first kappa shape index (κ1) is 22.3. The molecule has 0 unspecified atom stereocenters. The first-order chi connectivity index (χ1) is 14.0. The third-order valence-electron chi connectivity index (χ3n) is 4.34. The number of nitrogens with zero attached hydrogens (tertiary/aromatic N) is 2. The number of nitrogens with one attached hydrogen (secondary N) is 2. The van der Waals surface area contributed by atoms with Gasteiger partial charge in [0.2, 0.25) is 0 Å². The van der Waals surface area contributed by atoms with Gasteiger partial charge in [0.15, 0.2) is 23.2 Å². The molecule has 2 aromatic rings. The molecule has 0 saturated carbocycles. The highest BCUT2D eigenvalue weighted by Crippen LogP contribution is 2.33. The van der Waals surface area contributed by atoms with Gasteiger partial charge in [0, 0.05) is 18.2 Å². The molecule has 2 N–H and O–H groups in total. The molecule has 2 rings (SSSR count). The summed E-state index contributed by atoms with van der Waals surface area (Å²) in [7, 11) is 3.28. The zero-order chi connectivity index (χ0) is 21.2. The van der Waals surface area contributed by atoms with Gasteiger partial charge in [0.25, 0.3) is 0 Å². The molecule has 0 amide bonds. The van der Waals surface area contributed by atoms with Crippen molar-refractivity contribution in [1.82, 2.24) is 15.8 Å². The van der Waals surface area contributed by atoms with E-state index in [0.29, 0.717) is 37.1 Å². The molecule has 0 aliphatic heterocycles. The molecule has 0 radical (unpaired) electrons. The van der Waals surface area contributed by atoms with E-state index in [1.54, 1.807) is 14.2 Å². The van der Waals surface area contributed by atoms with Crippen LogP contribution in [0.15, 0.2) is 40.4 Å². The molecule has 0 aliphatic carbocycles. The minimum absolute atomic E-state index is 0.337. The van der Waals surface area contributed by atoms with Crippen molar-refractivity contribution in [2.75, 3.05) is 20.8 Å². The topological polar surface area (TPSA) is 80.9 Å². The van der Waals surface area contributed by atoms with Crippen molar-refractivity contribution in [2.24, 2.45) is 4.99 Å². The third kappa shape index (κ3) is 6.27. The number of rotatable bonds is 10. The molecule has 0 atom stereocenters. The van der Waals surface area contributed by atoms with E-state index >= 15 is 0 Å². The number of aromatic nitrogens is 1. The predicted octanol–water partition coefficient (Wildman–Crippen LogP) is 3.80. The molecule has 7 heteroatoms. The van der Waals surface area contributed by atoms with Crippen LogP contribution in [0, 0.1) is 0 Å². The number of guanidine groups is 1. The Morgan fingerprint density at radius 2 is 2.03 bits per heavy atom. The number of allylic oxidation sites excluding steroid dienone is 1. The van der Waals surface area contributed by atoms with Gasteiger partial charge in [-0.15, -0.1) is 6.58 Å². The second kappa shape index (κ2) is 11.1. The molecule has 0 spiro atoms. The van der Waals surface area contributed by atoms with Crippen molar-refractivity contribution in [1.29, 1.82) is 0 Å². The Bertz CT molecular complexity index is 827. The summed E-state index contributed by atoms with van der Waals surface area (Å²) < 4.78 is 16.4. The maximum atomic E-state index is 5.50. The average molecular weight is 401 g/mol. The van der Waals surface area contributed by atoms with Crippen molar-refractivity contribution in [2.45, 2.75) is 46.2 Å². The Labute approximate surface area is 173 Å². The highest BCUT2D eigenvalue weighted by Gasteiger charge is 2.12. The number of methoxy groups -OCH3 is 2. The summed E-state index contributed by atoms with van der Waals surface area (Å²) in [6.07, 6.45) is 2.54. The van der Waals surface area contributed by atoms with E-state index in [-0.39, 0.29) is 0 Å². The maximum Gasteiger partial charge on any atom is 0.191 e. The highest BCUT2D eigenvalue weighted by molar-refractivity contribution is 5.79. The summed E-state index contributed by atoms with van der Waals surface area (Å²) in [5.41, 5.74) is 3.00. The lowest BCUT2D eigenvalue weighted by Gasteiger charge is -2.14. The summed E-state index contributed by atoms with van der Waals surface area (Å²) in [5, 5.41) is 10.6. The van der Waals surface area contributed by atoms with E-state index in [9.17, 15) is 0 Å². The van der Waals surface area contributed by atoms with E-state index in [1.807, 2.05) is 25.1 Å². The minimum atomic E-state index is 0.337. The maximum absolute atomic E-state index is 5.50. The van der Waals surface area contributed by atoms with Crippen LogP contribution in [0.2, 0.25) is 0 Å². The van der Waals surface area contributed by atoms with Crippen molar-refractivity contribution >= 4 is 5.96 Å². The largest absolute Gasteiger partial charge is 0.493 e. The van der Waals surface area contributed by atoms with Gasteiger partial charge in [-0.2, -0.15) is 0 Å². The highest BCUT2D eigenvalue weighted by atomic mass is 16.5. The van der Waals surface area contributed by atoms with Crippen LogP contribution in [-0.2, 0) is 19.5 Å². The van der Waals surface area contributed by atoms with Gasteiger partial charge < -0.3 is 24.6 Å². The third-order valence-corrected chi connectivity index (χ3v) is 4.34.